The third kappa shape index (κ3) is 7.28. The van der Waals surface area contributed by atoms with Crippen LogP contribution in [0.4, 0.5) is 0 Å². The lowest BCUT2D eigenvalue weighted by Gasteiger charge is -2.19. The van der Waals surface area contributed by atoms with Gasteiger partial charge < -0.3 is 15.5 Å². The van der Waals surface area contributed by atoms with Crippen molar-refractivity contribution in [3.8, 4) is 0 Å². The highest BCUT2D eigenvalue weighted by atomic mass is 16.2. The molecule has 0 aliphatic rings. The zero-order chi connectivity index (χ0) is 17.4. The van der Waals surface area contributed by atoms with E-state index in [1.54, 1.807) is 0 Å². The van der Waals surface area contributed by atoms with Gasteiger partial charge in [-0.1, -0.05) is 36.8 Å². The summed E-state index contributed by atoms with van der Waals surface area (Å²) >= 11 is 0. The molecule has 23 heavy (non-hydrogen) atoms. The van der Waals surface area contributed by atoms with Gasteiger partial charge >= 0.3 is 0 Å². The molecule has 2 atom stereocenters. The highest BCUT2D eigenvalue weighted by Crippen LogP contribution is 2.16. The topological polar surface area (TPSA) is 62.6 Å². The lowest BCUT2D eigenvalue weighted by molar-refractivity contribution is -0.862. The molecule has 2 amide bonds. The van der Waals surface area contributed by atoms with E-state index >= 15 is 0 Å². The minimum atomic E-state index is -0.0349. The molecule has 0 heterocycles. The second-order valence-corrected chi connectivity index (χ2v) is 6.47. The Labute approximate surface area is 139 Å². The van der Waals surface area contributed by atoms with Crippen LogP contribution in [0.5, 0.6) is 0 Å². The zero-order valence-electron chi connectivity index (χ0n) is 14.9. The lowest BCUT2D eigenvalue weighted by Crippen LogP contribution is -3.11. The molecule has 0 fully saturated rings. The average molecular weight is 320 g/mol. The van der Waals surface area contributed by atoms with Crippen LogP contribution < -0.4 is 15.5 Å². The van der Waals surface area contributed by atoms with Crippen molar-refractivity contribution in [3.05, 3.63) is 35.4 Å². The quantitative estimate of drug-likeness (QED) is 0.657. The molecule has 128 valence electrons. The molecule has 0 aliphatic carbocycles. The molecule has 0 radical (unpaired) electrons. The van der Waals surface area contributed by atoms with E-state index in [4.69, 9.17) is 0 Å². The number of nitrogens with one attached hydrogen (secondary N) is 3. The molecule has 3 N–H and O–H groups in total. The Bertz CT molecular complexity index is 512. The predicted molar refractivity (Wildman–Crippen MR) is 92.3 cm³/mol. The molecule has 5 nitrogen and oxygen atoms in total. The molecule has 1 aromatic rings. The second kappa shape index (κ2) is 9.30. The van der Waals surface area contributed by atoms with Gasteiger partial charge in [-0.15, -0.1) is 0 Å². The standard InChI is InChI=1S/C18H29N3O2/c1-6-16(15-9-7-14(4)8-10-15)20-18(23)12-21(5)11-17(22)19-13(2)3/h7-10,13,16H,6,11-12H2,1-5H3,(H,19,22)(H,20,23)/p+1/t16-/m1/s1. The molecule has 0 aliphatic heterocycles. The summed E-state index contributed by atoms with van der Waals surface area (Å²) in [6.45, 7) is 8.53. The molecule has 1 rings (SSSR count). The fraction of sp³-hybridized carbons (Fsp3) is 0.556. The highest BCUT2D eigenvalue weighted by Gasteiger charge is 2.18. The number of hydrogen-bond donors (Lipinski definition) is 3. The largest absolute Gasteiger partial charge is 0.349 e. The molecule has 0 saturated carbocycles. The monoisotopic (exact) mass is 320 g/mol. The summed E-state index contributed by atoms with van der Waals surface area (Å²) in [6.07, 6.45) is 0.835. The van der Waals surface area contributed by atoms with Gasteiger partial charge in [0, 0.05) is 6.04 Å². The van der Waals surface area contributed by atoms with E-state index in [0.717, 1.165) is 16.9 Å². The van der Waals surface area contributed by atoms with Crippen molar-refractivity contribution in [1.82, 2.24) is 10.6 Å². The molecule has 1 aromatic carbocycles. The van der Waals surface area contributed by atoms with Crippen LogP contribution in [0.3, 0.4) is 0 Å². The first kappa shape index (κ1) is 19.2. The van der Waals surface area contributed by atoms with Gasteiger partial charge in [-0.2, -0.15) is 0 Å². The summed E-state index contributed by atoms with van der Waals surface area (Å²) in [5.74, 6) is -0.0665. The molecular formula is C18H30N3O2+. The number of benzene rings is 1. The normalized spacial score (nSPS) is 13.5. The molecule has 0 saturated heterocycles. The summed E-state index contributed by atoms with van der Waals surface area (Å²) in [5, 5.41) is 5.89. The van der Waals surface area contributed by atoms with Crippen LogP contribution in [0.25, 0.3) is 0 Å². The third-order valence-electron chi connectivity index (χ3n) is 3.60. The van der Waals surface area contributed by atoms with Crippen LogP contribution in [0.1, 0.15) is 44.4 Å². The zero-order valence-corrected chi connectivity index (χ0v) is 14.9. The molecule has 5 heteroatoms. The Kier molecular flexibility index (Phi) is 7.75. The van der Waals surface area contributed by atoms with Crippen LogP contribution in [0.2, 0.25) is 0 Å². The average Bonchev–Trinajstić information content (AvgIpc) is 2.44. The van der Waals surface area contributed by atoms with Crippen LogP contribution in [0, 0.1) is 6.92 Å². The summed E-state index contributed by atoms with van der Waals surface area (Å²) in [6, 6.07) is 8.35. The first-order valence-electron chi connectivity index (χ1n) is 8.28. The Morgan fingerprint density at radius 2 is 1.57 bits per heavy atom. The maximum absolute atomic E-state index is 12.2. The van der Waals surface area contributed by atoms with E-state index in [1.165, 1.54) is 5.56 Å². The maximum atomic E-state index is 12.2. The minimum Gasteiger partial charge on any atom is -0.349 e. The van der Waals surface area contributed by atoms with E-state index in [0.29, 0.717) is 6.54 Å². The highest BCUT2D eigenvalue weighted by molar-refractivity contribution is 5.79. The molecule has 0 bridgehead atoms. The van der Waals surface area contributed by atoms with Gasteiger partial charge in [-0.25, -0.2) is 0 Å². The Morgan fingerprint density at radius 1 is 1.04 bits per heavy atom. The van der Waals surface area contributed by atoms with Gasteiger partial charge in [0.25, 0.3) is 11.8 Å². The number of amides is 2. The van der Waals surface area contributed by atoms with E-state index in [2.05, 4.69) is 41.8 Å². The van der Waals surface area contributed by atoms with Crippen LogP contribution in [0.15, 0.2) is 24.3 Å². The fourth-order valence-electron chi connectivity index (χ4n) is 2.45. The first-order valence-corrected chi connectivity index (χ1v) is 8.28. The number of likely N-dealkylation sites (N-methyl/N-ethyl adjacent to an activating group) is 1. The molecule has 1 unspecified atom stereocenters. The van der Waals surface area contributed by atoms with Crippen molar-refractivity contribution in [3.63, 3.8) is 0 Å². The number of carbonyl (C=O) groups excluding carboxylic acids is 2. The molecular weight excluding hydrogens is 290 g/mol. The van der Waals surface area contributed by atoms with E-state index in [1.807, 2.05) is 27.8 Å². The second-order valence-electron chi connectivity index (χ2n) is 6.47. The number of carbonyl (C=O) groups is 2. The van der Waals surface area contributed by atoms with Gasteiger partial charge in [-0.05, 0) is 32.8 Å². The minimum absolute atomic E-state index is 0.0143. The van der Waals surface area contributed by atoms with E-state index in [-0.39, 0.29) is 30.4 Å². The third-order valence-corrected chi connectivity index (χ3v) is 3.60. The van der Waals surface area contributed by atoms with Crippen molar-refractivity contribution < 1.29 is 14.5 Å². The lowest BCUT2D eigenvalue weighted by atomic mass is 10.0. The van der Waals surface area contributed by atoms with E-state index in [9.17, 15) is 9.59 Å². The van der Waals surface area contributed by atoms with Crippen molar-refractivity contribution >= 4 is 11.8 Å². The smallest absolute Gasteiger partial charge is 0.275 e. The van der Waals surface area contributed by atoms with Crippen LogP contribution in [-0.4, -0.2) is 38.0 Å². The van der Waals surface area contributed by atoms with Crippen LogP contribution in [-0.2, 0) is 9.59 Å². The number of aryl methyl sites for hydroxylation is 1. The number of hydrogen-bond acceptors (Lipinski definition) is 2. The van der Waals surface area contributed by atoms with Crippen molar-refractivity contribution in [2.24, 2.45) is 0 Å². The van der Waals surface area contributed by atoms with Gasteiger partial charge in [0.05, 0.1) is 13.1 Å². The molecule has 0 aromatic heterocycles. The maximum Gasteiger partial charge on any atom is 0.275 e. The molecule has 0 spiro atoms. The summed E-state index contributed by atoms with van der Waals surface area (Å²) < 4.78 is 0. The van der Waals surface area contributed by atoms with E-state index < -0.39 is 0 Å². The van der Waals surface area contributed by atoms with Crippen molar-refractivity contribution in [2.45, 2.75) is 46.2 Å². The number of quaternary nitrogens is 1. The number of rotatable bonds is 8. The Balaban J connectivity index is 2.50. The Hall–Kier alpha value is -1.88. The Morgan fingerprint density at radius 3 is 2.04 bits per heavy atom. The fourth-order valence-corrected chi connectivity index (χ4v) is 2.45. The van der Waals surface area contributed by atoms with Gasteiger partial charge in [0.2, 0.25) is 0 Å². The summed E-state index contributed by atoms with van der Waals surface area (Å²) in [4.78, 5) is 24.8. The van der Waals surface area contributed by atoms with Gasteiger partial charge in [0.15, 0.2) is 13.1 Å². The summed E-state index contributed by atoms with van der Waals surface area (Å²) in [7, 11) is 1.85. The van der Waals surface area contributed by atoms with Crippen LogP contribution >= 0.6 is 0 Å². The van der Waals surface area contributed by atoms with Gasteiger partial charge in [-0.3, -0.25) is 9.59 Å². The van der Waals surface area contributed by atoms with Gasteiger partial charge in [0.1, 0.15) is 0 Å². The predicted octanol–water partition coefficient (Wildman–Crippen LogP) is 0.602. The summed E-state index contributed by atoms with van der Waals surface area (Å²) in [5.41, 5.74) is 2.32. The first-order chi connectivity index (χ1) is 10.8. The SMILES string of the molecule is CC[C@@H](NC(=O)C[NH+](C)CC(=O)NC(C)C)c1ccc(C)cc1. The van der Waals surface area contributed by atoms with Crippen molar-refractivity contribution in [1.29, 1.82) is 0 Å². The van der Waals surface area contributed by atoms with Crippen molar-refractivity contribution in [2.75, 3.05) is 20.1 Å².